The molecule has 5 heteroatoms. The third-order valence-corrected chi connectivity index (χ3v) is 3.85. The van der Waals surface area contributed by atoms with E-state index in [1.807, 2.05) is 26.0 Å². The Morgan fingerprint density at radius 2 is 1.91 bits per heavy atom. The van der Waals surface area contributed by atoms with E-state index in [0.29, 0.717) is 16.4 Å². The molecule has 1 atom stereocenters. The third kappa shape index (κ3) is 4.42. The number of methoxy groups -OCH3 is 1. The van der Waals surface area contributed by atoms with Crippen molar-refractivity contribution in [2.45, 2.75) is 26.8 Å². The van der Waals surface area contributed by atoms with Gasteiger partial charge in [0.2, 0.25) is 0 Å². The van der Waals surface area contributed by atoms with E-state index in [9.17, 15) is 4.39 Å². The van der Waals surface area contributed by atoms with Crippen molar-refractivity contribution in [2.75, 3.05) is 12.4 Å². The molecule has 2 aromatic rings. The topological polar surface area (TPSA) is 33.3 Å². The highest BCUT2D eigenvalue weighted by Crippen LogP contribution is 2.26. The highest BCUT2D eigenvalue weighted by molar-refractivity contribution is 7.80. The summed E-state index contributed by atoms with van der Waals surface area (Å²) in [6, 6.07) is 10.9. The van der Waals surface area contributed by atoms with E-state index in [2.05, 4.69) is 16.7 Å². The Hall–Kier alpha value is -2.14. The summed E-state index contributed by atoms with van der Waals surface area (Å²) in [4.78, 5) is 0. The number of hydrogen-bond acceptors (Lipinski definition) is 2. The van der Waals surface area contributed by atoms with E-state index in [4.69, 9.17) is 17.0 Å². The minimum Gasteiger partial charge on any atom is -0.496 e. The van der Waals surface area contributed by atoms with Crippen molar-refractivity contribution in [3.05, 3.63) is 58.9 Å². The van der Waals surface area contributed by atoms with Crippen LogP contribution in [0.3, 0.4) is 0 Å². The van der Waals surface area contributed by atoms with Crippen molar-refractivity contribution in [3.8, 4) is 5.75 Å². The van der Waals surface area contributed by atoms with Gasteiger partial charge in [-0.15, -0.1) is 0 Å². The summed E-state index contributed by atoms with van der Waals surface area (Å²) < 4.78 is 19.0. The van der Waals surface area contributed by atoms with E-state index >= 15 is 0 Å². The average molecular weight is 332 g/mol. The van der Waals surface area contributed by atoms with Crippen LogP contribution in [0.1, 0.15) is 29.7 Å². The number of nitrogens with one attached hydrogen (secondary N) is 2. The molecule has 0 unspecified atom stereocenters. The highest BCUT2D eigenvalue weighted by Gasteiger charge is 2.13. The molecule has 0 aliphatic heterocycles. The van der Waals surface area contributed by atoms with Crippen molar-refractivity contribution in [1.29, 1.82) is 0 Å². The van der Waals surface area contributed by atoms with Crippen LogP contribution in [0.4, 0.5) is 10.1 Å². The number of thiocarbonyl (C=S) groups is 1. The molecule has 0 radical (unpaired) electrons. The molecular weight excluding hydrogens is 311 g/mol. The van der Waals surface area contributed by atoms with Gasteiger partial charge < -0.3 is 15.4 Å². The molecule has 0 amide bonds. The van der Waals surface area contributed by atoms with Gasteiger partial charge in [0.25, 0.3) is 0 Å². The lowest BCUT2D eigenvalue weighted by Gasteiger charge is -2.20. The van der Waals surface area contributed by atoms with Gasteiger partial charge in [-0.1, -0.05) is 23.8 Å². The third-order valence-electron chi connectivity index (χ3n) is 3.63. The maximum Gasteiger partial charge on any atom is 0.171 e. The van der Waals surface area contributed by atoms with E-state index in [-0.39, 0.29) is 11.9 Å². The van der Waals surface area contributed by atoms with Gasteiger partial charge in [0.1, 0.15) is 11.6 Å². The lowest BCUT2D eigenvalue weighted by Crippen LogP contribution is -2.31. The molecule has 3 nitrogen and oxygen atoms in total. The molecule has 0 saturated carbocycles. The van der Waals surface area contributed by atoms with Gasteiger partial charge in [-0.25, -0.2) is 4.39 Å². The van der Waals surface area contributed by atoms with E-state index in [1.165, 1.54) is 6.07 Å². The molecule has 2 rings (SSSR count). The Labute approximate surface area is 141 Å². The molecule has 2 aromatic carbocycles. The van der Waals surface area contributed by atoms with Crippen LogP contribution in [0.15, 0.2) is 36.4 Å². The second-order valence-electron chi connectivity index (χ2n) is 5.53. The minimum absolute atomic E-state index is 0.0415. The molecule has 122 valence electrons. The van der Waals surface area contributed by atoms with E-state index in [1.54, 1.807) is 26.2 Å². The summed E-state index contributed by atoms with van der Waals surface area (Å²) in [5.74, 6) is 0.547. The predicted molar refractivity (Wildman–Crippen MR) is 96.6 cm³/mol. The second-order valence-corrected chi connectivity index (χ2v) is 5.94. The first kappa shape index (κ1) is 17.2. The van der Waals surface area contributed by atoms with Crippen molar-refractivity contribution in [3.63, 3.8) is 0 Å². The van der Waals surface area contributed by atoms with Gasteiger partial charge >= 0.3 is 0 Å². The van der Waals surface area contributed by atoms with Crippen LogP contribution in [-0.2, 0) is 0 Å². The maximum absolute atomic E-state index is 13.6. The van der Waals surface area contributed by atoms with Gasteiger partial charge in [-0.3, -0.25) is 0 Å². The standard InChI is InChI=1S/C18H21FN2OS/c1-11-5-8-17(22-4)15(9-11)13(3)20-18(23)21-14-7-6-12(2)16(19)10-14/h5-10,13H,1-4H3,(H2,20,21,23)/t13-/m0/s1. The summed E-state index contributed by atoms with van der Waals surface area (Å²) in [6.07, 6.45) is 0. The first-order valence-electron chi connectivity index (χ1n) is 7.39. The summed E-state index contributed by atoms with van der Waals surface area (Å²) in [5.41, 5.74) is 3.39. The summed E-state index contributed by atoms with van der Waals surface area (Å²) >= 11 is 5.32. The summed E-state index contributed by atoms with van der Waals surface area (Å²) in [5, 5.41) is 6.64. The number of halogens is 1. The molecule has 23 heavy (non-hydrogen) atoms. The Morgan fingerprint density at radius 3 is 2.57 bits per heavy atom. The quantitative estimate of drug-likeness (QED) is 0.808. The Morgan fingerprint density at radius 1 is 1.17 bits per heavy atom. The zero-order valence-electron chi connectivity index (χ0n) is 13.7. The van der Waals surface area contributed by atoms with Crippen LogP contribution >= 0.6 is 12.2 Å². The largest absolute Gasteiger partial charge is 0.496 e. The first-order valence-corrected chi connectivity index (χ1v) is 7.79. The fourth-order valence-electron chi connectivity index (χ4n) is 2.30. The van der Waals surface area contributed by atoms with Crippen molar-refractivity contribution < 1.29 is 9.13 Å². The Balaban J connectivity index is 2.07. The maximum atomic E-state index is 13.6. The molecule has 0 aromatic heterocycles. The van der Waals surface area contributed by atoms with Crippen LogP contribution in [-0.4, -0.2) is 12.2 Å². The number of aryl methyl sites for hydroxylation is 2. The number of anilines is 1. The average Bonchev–Trinajstić information content (AvgIpc) is 2.50. The lowest BCUT2D eigenvalue weighted by molar-refractivity contribution is 0.405. The molecule has 0 bridgehead atoms. The van der Waals surface area contributed by atoms with Gasteiger partial charge in [0.05, 0.1) is 13.2 Å². The van der Waals surface area contributed by atoms with Crippen LogP contribution < -0.4 is 15.4 Å². The molecule has 0 aliphatic rings. The monoisotopic (exact) mass is 332 g/mol. The molecular formula is C18H21FN2OS. The minimum atomic E-state index is -0.258. The first-order chi connectivity index (χ1) is 10.9. The molecule has 0 fully saturated rings. The zero-order valence-corrected chi connectivity index (χ0v) is 14.6. The summed E-state index contributed by atoms with van der Waals surface area (Å²) in [7, 11) is 1.65. The molecule has 2 N–H and O–H groups in total. The van der Waals surface area contributed by atoms with Crippen LogP contribution in [0.2, 0.25) is 0 Å². The molecule has 0 saturated heterocycles. The van der Waals surface area contributed by atoms with E-state index < -0.39 is 0 Å². The van der Waals surface area contributed by atoms with Gasteiger partial charge in [-0.2, -0.15) is 0 Å². The molecule has 0 heterocycles. The fourth-order valence-corrected chi connectivity index (χ4v) is 2.60. The van der Waals surface area contributed by atoms with Gasteiger partial charge in [0.15, 0.2) is 5.11 Å². The SMILES string of the molecule is COc1ccc(C)cc1[C@H](C)NC(=S)Nc1ccc(C)c(F)c1. The highest BCUT2D eigenvalue weighted by atomic mass is 32.1. The van der Waals surface area contributed by atoms with Gasteiger partial charge in [0, 0.05) is 11.3 Å². The number of rotatable bonds is 4. The lowest BCUT2D eigenvalue weighted by atomic mass is 10.0. The Bertz CT molecular complexity index is 718. The molecule has 0 spiro atoms. The Kier molecular flexibility index (Phi) is 5.55. The fraction of sp³-hybridized carbons (Fsp3) is 0.278. The number of ether oxygens (including phenoxy) is 1. The van der Waals surface area contributed by atoms with Crippen molar-refractivity contribution in [2.24, 2.45) is 0 Å². The van der Waals surface area contributed by atoms with Crippen LogP contribution in [0.25, 0.3) is 0 Å². The second kappa shape index (κ2) is 7.42. The number of hydrogen-bond donors (Lipinski definition) is 2. The van der Waals surface area contributed by atoms with E-state index in [0.717, 1.165) is 16.9 Å². The molecule has 0 aliphatic carbocycles. The zero-order chi connectivity index (χ0) is 17.0. The van der Waals surface area contributed by atoms with Gasteiger partial charge in [-0.05, 0) is 56.8 Å². The predicted octanol–water partition coefficient (Wildman–Crippen LogP) is 4.50. The van der Waals surface area contributed by atoms with Crippen molar-refractivity contribution in [1.82, 2.24) is 5.32 Å². The smallest absolute Gasteiger partial charge is 0.171 e. The van der Waals surface area contributed by atoms with Crippen molar-refractivity contribution >= 4 is 23.0 Å². The normalized spacial score (nSPS) is 11.7. The van der Waals surface area contributed by atoms with Crippen LogP contribution in [0.5, 0.6) is 5.75 Å². The van der Waals surface area contributed by atoms with Crippen LogP contribution in [0, 0.1) is 19.7 Å². The number of benzene rings is 2. The summed E-state index contributed by atoms with van der Waals surface area (Å²) in [6.45, 7) is 5.75.